The fraction of sp³-hybridized carbons (Fsp3) is 0.341. The summed E-state index contributed by atoms with van der Waals surface area (Å²) in [4.78, 5) is 61.7. The predicted molar refractivity (Wildman–Crippen MR) is 222 cm³/mol. The van der Waals surface area contributed by atoms with E-state index in [4.69, 9.17) is 4.98 Å². The highest BCUT2D eigenvalue weighted by Gasteiger charge is 2.39. The molecule has 0 saturated carbocycles. The molecule has 15 heteroatoms. The maximum absolute atomic E-state index is 14.2. The lowest BCUT2D eigenvalue weighted by Gasteiger charge is -2.34. The van der Waals surface area contributed by atoms with Gasteiger partial charge in [-0.2, -0.15) is 0 Å². The van der Waals surface area contributed by atoms with Gasteiger partial charge < -0.3 is 30.2 Å². The number of likely N-dealkylation sites (N-methyl/N-ethyl adjacent to an activating group) is 1. The summed E-state index contributed by atoms with van der Waals surface area (Å²) in [5.41, 5.74) is 7.33. The fourth-order valence-electron chi connectivity index (χ4n) is 8.59. The third kappa shape index (κ3) is 8.37. The van der Waals surface area contributed by atoms with Gasteiger partial charge in [0.1, 0.15) is 23.7 Å². The molecule has 4 atom stereocenters. The number of aromatic nitrogens is 7. The number of amides is 3. The summed E-state index contributed by atoms with van der Waals surface area (Å²) in [7, 11) is 0. The lowest BCUT2D eigenvalue weighted by Crippen LogP contribution is -2.49. The summed E-state index contributed by atoms with van der Waals surface area (Å²) in [6, 6.07) is 24.9. The number of nitrogens with one attached hydrogen (secondary N) is 4. The number of imidazole rings is 2. The molecular formula is C44H49N11O4. The third-order valence-electron chi connectivity index (χ3n) is 11.6. The molecular weight excluding hydrogens is 747 g/mol. The van der Waals surface area contributed by atoms with Crippen molar-refractivity contribution < 1.29 is 19.5 Å². The molecule has 6 aromatic rings. The highest BCUT2D eigenvalue weighted by Crippen LogP contribution is 2.36. The summed E-state index contributed by atoms with van der Waals surface area (Å²) in [5.74, 6) is 1.27. The van der Waals surface area contributed by atoms with Crippen molar-refractivity contribution >= 4 is 17.9 Å². The van der Waals surface area contributed by atoms with Crippen molar-refractivity contribution in [1.29, 1.82) is 0 Å². The molecule has 304 valence electrons. The minimum absolute atomic E-state index is 0.0870. The molecule has 0 aliphatic carbocycles. The van der Waals surface area contributed by atoms with Crippen LogP contribution < -0.4 is 5.32 Å². The monoisotopic (exact) mass is 795 g/mol. The zero-order chi connectivity index (χ0) is 40.9. The number of H-pyrrole nitrogens is 3. The number of aromatic amines is 3. The molecule has 5 N–H and O–H groups in total. The molecule has 0 radical (unpaired) electrons. The van der Waals surface area contributed by atoms with Gasteiger partial charge in [0.25, 0.3) is 0 Å². The molecule has 3 aromatic heterocycles. The zero-order valence-electron chi connectivity index (χ0n) is 33.2. The number of benzene rings is 3. The van der Waals surface area contributed by atoms with Gasteiger partial charge in [-0.05, 0) is 66.6 Å². The molecule has 2 aliphatic rings. The van der Waals surface area contributed by atoms with Gasteiger partial charge in [0.05, 0.1) is 41.6 Å². The van der Waals surface area contributed by atoms with Crippen LogP contribution in [0.3, 0.4) is 0 Å². The molecule has 0 bridgehead atoms. The molecule has 2 aliphatic heterocycles. The van der Waals surface area contributed by atoms with Gasteiger partial charge >= 0.3 is 6.09 Å². The van der Waals surface area contributed by atoms with Crippen molar-refractivity contribution in [2.75, 3.05) is 26.2 Å². The van der Waals surface area contributed by atoms with E-state index < -0.39 is 12.1 Å². The van der Waals surface area contributed by atoms with E-state index >= 15 is 0 Å². The first-order valence-corrected chi connectivity index (χ1v) is 20.4. The van der Waals surface area contributed by atoms with Crippen LogP contribution in [0.15, 0.2) is 97.5 Å². The van der Waals surface area contributed by atoms with Gasteiger partial charge in [-0.1, -0.05) is 97.9 Å². The second-order valence-electron chi connectivity index (χ2n) is 15.1. The van der Waals surface area contributed by atoms with E-state index in [0.717, 1.165) is 77.4 Å². The normalized spacial score (nSPS) is 17.7. The van der Waals surface area contributed by atoms with Crippen LogP contribution in [0, 0.1) is 0 Å². The molecule has 2 fully saturated rings. The maximum Gasteiger partial charge on any atom is 0.405 e. The van der Waals surface area contributed by atoms with Crippen molar-refractivity contribution in [3.63, 3.8) is 0 Å². The Balaban J connectivity index is 0.924. The summed E-state index contributed by atoms with van der Waals surface area (Å²) in [5, 5.41) is 22.0. The number of hydrogen-bond donors (Lipinski definition) is 5. The Morgan fingerprint density at radius 2 is 1.29 bits per heavy atom. The van der Waals surface area contributed by atoms with E-state index in [1.165, 1.54) is 0 Å². The highest BCUT2D eigenvalue weighted by atomic mass is 16.4. The van der Waals surface area contributed by atoms with E-state index in [1.807, 2.05) is 53.6 Å². The van der Waals surface area contributed by atoms with Crippen LogP contribution in [0.25, 0.3) is 33.6 Å². The zero-order valence-corrected chi connectivity index (χ0v) is 33.2. The third-order valence-corrected chi connectivity index (χ3v) is 11.6. The first-order valence-electron chi connectivity index (χ1n) is 20.4. The topological polar surface area (TPSA) is 192 Å². The van der Waals surface area contributed by atoms with Crippen molar-refractivity contribution in [2.24, 2.45) is 0 Å². The van der Waals surface area contributed by atoms with Crippen LogP contribution in [0.4, 0.5) is 4.79 Å². The molecule has 59 heavy (non-hydrogen) atoms. The van der Waals surface area contributed by atoms with Gasteiger partial charge in [0, 0.05) is 25.7 Å². The number of carboxylic acid groups (broad SMARTS) is 1. The average Bonchev–Trinajstić information content (AvgIpc) is 4.12. The Labute approximate surface area is 342 Å². The SMILES string of the molecule is CCN(CC)[C@@H](C(=O)N1CCC[C@H]1c1ncc(-c2ccc(-c3ccc(-c4cnc([C@@H]5CCCN5C(=O)[C@H](Cc5c[nH]nn5)NC(=O)O)[nH]4)cc3)cc2)[nH]1)c1ccccc1. The Bertz CT molecular complexity index is 2340. The number of rotatable bonds is 14. The Morgan fingerprint density at radius 3 is 1.78 bits per heavy atom. The standard InChI is InChI=1S/C44H49N11O4/c1-3-53(4-2)39(32-10-6-5-7-11-32)43(57)55-23-9-13-38(55)41-46-27-36(49-41)31-20-16-29(17-21-31)28-14-18-30(19-15-28)35-26-45-40(48-35)37-12-8-22-54(37)42(56)34(50-44(58)59)24-33-25-47-52-51-33/h5-7,10-11,14-21,25-27,34,37-39,50H,3-4,8-9,12-13,22-24H2,1-2H3,(H,45,48)(H,46,49)(H,58,59)(H,47,51,52)/t34-,37-,38-,39+/m0/s1. The van der Waals surface area contributed by atoms with E-state index in [2.05, 4.69) is 90.8 Å². The highest BCUT2D eigenvalue weighted by molar-refractivity contribution is 5.86. The number of carbonyl (C=O) groups excluding carboxylic acids is 2. The Hall–Kier alpha value is -6.61. The van der Waals surface area contributed by atoms with E-state index in [-0.39, 0.29) is 36.4 Å². The second kappa shape index (κ2) is 17.5. The average molecular weight is 796 g/mol. The molecule has 15 nitrogen and oxygen atoms in total. The van der Waals surface area contributed by atoms with Crippen LogP contribution in [0.1, 0.15) is 80.6 Å². The van der Waals surface area contributed by atoms with Crippen LogP contribution in [-0.2, 0) is 16.0 Å². The fourth-order valence-corrected chi connectivity index (χ4v) is 8.59. The first kappa shape index (κ1) is 39.2. The van der Waals surface area contributed by atoms with Crippen LogP contribution in [0.5, 0.6) is 0 Å². The van der Waals surface area contributed by atoms with Crippen LogP contribution in [0.2, 0.25) is 0 Å². The van der Waals surface area contributed by atoms with Gasteiger partial charge in [0.2, 0.25) is 11.8 Å². The minimum Gasteiger partial charge on any atom is -0.465 e. The molecule has 0 unspecified atom stereocenters. The molecule has 5 heterocycles. The van der Waals surface area contributed by atoms with Crippen LogP contribution in [-0.4, -0.2) is 105 Å². The maximum atomic E-state index is 14.2. The summed E-state index contributed by atoms with van der Waals surface area (Å²) in [6.07, 6.45) is 7.28. The molecule has 8 rings (SSSR count). The van der Waals surface area contributed by atoms with E-state index in [0.29, 0.717) is 31.0 Å². The Kier molecular flexibility index (Phi) is 11.6. The quantitative estimate of drug-likeness (QED) is 0.0815. The first-order chi connectivity index (χ1) is 28.8. The van der Waals surface area contributed by atoms with Crippen molar-refractivity contribution in [3.8, 4) is 33.6 Å². The van der Waals surface area contributed by atoms with Gasteiger partial charge in [-0.25, -0.2) is 14.8 Å². The number of nitrogens with zero attached hydrogens (tertiary/aromatic N) is 7. The van der Waals surface area contributed by atoms with Gasteiger partial charge in [0.15, 0.2) is 0 Å². The van der Waals surface area contributed by atoms with E-state index in [9.17, 15) is 19.5 Å². The predicted octanol–water partition coefficient (Wildman–Crippen LogP) is 6.54. The van der Waals surface area contributed by atoms with Gasteiger partial charge in [-0.3, -0.25) is 19.6 Å². The summed E-state index contributed by atoms with van der Waals surface area (Å²) in [6.45, 7) is 6.98. The largest absolute Gasteiger partial charge is 0.465 e. The smallest absolute Gasteiger partial charge is 0.405 e. The van der Waals surface area contributed by atoms with Crippen molar-refractivity contribution in [3.05, 3.63) is 120 Å². The summed E-state index contributed by atoms with van der Waals surface area (Å²) < 4.78 is 0. The molecule has 2 saturated heterocycles. The lowest BCUT2D eigenvalue weighted by molar-refractivity contribution is -0.138. The van der Waals surface area contributed by atoms with Crippen LogP contribution >= 0.6 is 0 Å². The minimum atomic E-state index is -1.28. The number of likely N-dealkylation sites (tertiary alicyclic amines) is 2. The Morgan fingerprint density at radius 1 is 0.763 bits per heavy atom. The lowest BCUT2D eigenvalue weighted by atomic mass is 10.0. The van der Waals surface area contributed by atoms with Crippen molar-refractivity contribution in [1.82, 2.24) is 55.4 Å². The van der Waals surface area contributed by atoms with Crippen molar-refractivity contribution in [2.45, 2.75) is 70.1 Å². The molecule has 3 amide bonds. The van der Waals surface area contributed by atoms with Gasteiger partial charge in [-0.15, -0.1) is 5.10 Å². The van der Waals surface area contributed by atoms with E-state index in [1.54, 1.807) is 17.3 Å². The number of hydrogen-bond acceptors (Lipinski definition) is 8. The summed E-state index contributed by atoms with van der Waals surface area (Å²) >= 11 is 0. The molecule has 0 spiro atoms. The number of carbonyl (C=O) groups is 3. The second-order valence-corrected chi connectivity index (χ2v) is 15.1. The molecule has 3 aromatic carbocycles.